The molecule has 118 valence electrons. The summed E-state index contributed by atoms with van der Waals surface area (Å²) in [5, 5.41) is 3.53. The average Bonchev–Trinajstić information content (AvgIpc) is 2.63. The maximum Gasteiger partial charge on any atom is 0.0398 e. The number of nitrogens with zero attached hydrogens (tertiary/aromatic N) is 1. The maximum atomic E-state index is 3.53. The monoisotopic (exact) mass is 288 g/mol. The van der Waals surface area contributed by atoms with Crippen LogP contribution in [0.1, 0.15) is 57.6 Å². The lowest BCUT2D eigenvalue weighted by atomic mass is 10.1. The molecule has 1 atom stereocenters. The molecule has 0 amide bonds. The van der Waals surface area contributed by atoms with Gasteiger partial charge < -0.3 is 10.2 Å². The van der Waals surface area contributed by atoms with Crippen LogP contribution in [0.25, 0.3) is 0 Å². The molecule has 0 saturated carbocycles. The summed E-state index contributed by atoms with van der Waals surface area (Å²) in [5.74, 6) is 0.711. The molecular weight excluding hydrogens is 256 g/mol. The molecule has 21 heavy (non-hydrogen) atoms. The highest BCUT2D eigenvalue weighted by molar-refractivity contribution is 5.55. The van der Waals surface area contributed by atoms with Crippen LogP contribution in [0.3, 0.4) is 0 Å². The van der Waals surface area contributed by atoms with E-state index in [0.29, 0.717) is 12.0 Å². The Kier molecular flexibility index (Phi) is 6.10. The van der Waals surface area contributed by atoms with E-state index in [-0.39, 0.29) is 0 Å². The van der Waals surface area contributed by atoms with Gasteiger partial charge in [-0.3, -0.25) is 0 Å². The summed E-state index contributed by atoms with van der Waals surface area (Å²) in [7, 11) is 0. The van der Waals surface area contributed by atoms with E-state index in [1.807, 2.05) is 0 Å². The molecule has 1 saturated heterocycles. The lowest BCUT2D eigenvalue weighted by Crippen LogP contribution is -2.33. The minimum absolute atomic E-state index is 0.677. The minimum Gasteiger partial charge on any atom is -0.369 e. The van der Waals surface area contributed by atoms with Crippen molar-refractivity contribution in [3.63, 3.8) is 0 Å². The van der Waals surface area contributed by atoms with Crippen LogP contribution in [-0.2, 0) is 6.54 Å². The molecule has 0 spiro atoms. The second-order valence-corrected chi connectivity index (χ2v) is 7.04. The molecule has 1 heterocycles. The predicted molar refractivity (Wildman–Crippen MR) is 93.0 cm³/mol. The minimum atomic E-state index is 0.677. The molecule has 1 N–H and O–H groups in total. The Morgan fingerprint density at radius 2 is 2.05 bits per heavy atom. The summed E-state index contributed by atoms with van der Waals surface area (Å²) >= 11 is 0. The summed E-state index contributed by atoms with van der Waals surface area (Å²) in [6, 6.07) is 7.67. The van der Waals surface area contributed by atoms with Crippen molar-refractivity contribution in [1.29, 1.82) is 0 Å². The molecule has 0 bridgehead atoms. The zero-order valence-corrected chi connectivity index (χ0v) is 14.3. The van der Waals surface area contributed by atoms with Crippen LogP contribution in [0.15, 0.2) is 18.2 Å². The van der Waals surface area contributed by atoms with Crippen molar-refractivity contribution in [2.24, 2.45) is 5.92 Å². The van der Waals surface area contributed by atoms with E-state index in [1.165, 1.54) is 49.0 Å². The van der Waals surface area contributed by atoms with E-state index in [0.717, 1.165) is 13.1 Å². The Bertz CT molecular complexity index is 439. The first-order valence-corrected chi connectivity index (χ1v) is 8.65. The molecule has 1 unspecified atom stereocenters. The van der Waals surface area contributed by atoms with Gasteiger partial charge in [-0.1, -0.05) is 38.8 Å². The van der Waals surface area contributed by atoms with E-state index in [1.54, 1.807) is 0 Å². The number of nitrogens with one attached hydrogen (secondary N) is 1. The van der Waals surface area contributed by atoms with E-state index >= 15 is 0 Å². The van der Waals surface area contributed by atoms with E-state index in [2.05, 4.69) is 56.1 Å². The van der Waals surface area contributed by atoms with Crippen molar-refractivity contribution in [2.45, 2.75) is 66.0 Å². The third-order valence-electron chi connectivity index (χ3n) is 4.51. The molecule has 1 aliphatic rings. The molecule has 2 nitrogen and oxygen atoms in total. The van der Waals surface area contributed by atoms with Crippen LogP contribution in [0.5, 0.6) is 0 Å². The van der Waals surface area contributed by atoms with Gasteiger partial charge >= 0.3 is 0 Å². The van der Waals surface area contributed by atoms with E-state index in [9.17, 15) is 0 Å². The molecule has 0 aromatic heterocycles. The average molecular weight is 288 g/mol. The summed E-state index contributed by atoms with van der Waals surface area (Å²) in [5.41, 5.74) is 4.27. The fourth-order valence-corrected chi connectivity index (χ4v) is 3.29. The summed E-state index contributed by atoms with van der Waals surface area (Å²) in [6.07, 6.45) is 5.43. The molecule has 0 radical (unpaired) electrons. The predicted octanol–water partition coefficient (Wildman–Crippen LogP) is 4.51. The molecule has 1 aliphatic heterocycles. The first-order valence-electron chi connectivity index (χ1n) is 8.65. The molecule has 1 fully saturated rings. The largest absolute Gasteiger partial charge is 0.369 e. The topological polar surface area (TPSA) is 15.3 Å². The van der Waals surface area contributed by atoms with Crippen molar-refractivity contribution in [3.8, 4) is 0 Å². The van der Waals surface area contributed by atoms with Gasteiger partial charge in [0, 0.05) is 24.8 Å². The zero-order chi connectivity index (χ0) is 15.2. The zero-order valence-electron chi connectivity index (χ0n) is 14.3. The Balaban J connectivity index is 2.04. The lowest BCUT2D eigenvalue weighted by Gasteiger charge is -2.31. The number of benzene rings is 1. The van der Waals surface area contributed by atoms with Gasteiger partial charge in [-0.25, -0.2) is 0 Å². The van der Waals surface area contributed by atoms with Crippen LogP contribution in [-0.4, -0.2) is 19.1 Å². The van der Waals surface area contributed by atoms with Crippen LogP contribution >= 0.6 is 0 Å². The van der Waals surface area contributed by atoms with Crippen molar-refractivity contribution in [1.82, 2.24) is 5.32 Å². The third kappa shape index (κ3) is 4.74. The van der Waals surface area contributed by atoms with Gasteiger partial charge in [0.2, 0.25) is 0 Å². The van der Waals surface area contributed by atoms with Crippen molar-refractivity contribution in [3.05, 3.63) is 29.3 Å². The summed E-state index contributed by atoms with van der Waals surface area (Å²) < 4.78 is 0. The van der Waals surface area contributed by atoms with Crippen molar-refractivity contribution in [2.75, 3.05) is 18.0 Å². The Labute approximate surface area is 130 Å². The van der Waals surface area contributed by atoms with Crippen LogP contribution < -0.4 is 10.2 Å². The first kappa shape index (κ1) is 16.4. The Morgan fingerprint density at radius 1 is 1.24 bits per heavy atom. The fourth-order valence-electron chi connectivity index (χ4n) is 3.29. The third-order valence-corrected chi connectivity index (χ3v) is 4.51. The number of hydrogen-bond acceptors (Lipinski definition) is 2. The van der Waals surface area contributed by atoms with Crippen LogP contribution in [0, 0.1) is 12.8 Å². The number of aryl methyl sites for hydroxylation is 1. The molecule has 2 rings (SSSR count). The lowest BCUT2D eigenvalue weighted by molar-refractivity contribution is 0.552. The maximum absolute atomic E-state index is 3.53. The van der Waals surface area contributed by atoms with Gasteiger partial charge in [-0.05, 0) is 56.3 Å². The summed E-state index contributed by atoms with van der Waals surface area (Å²) in [4.78, 5) is 2.62. The second kappa shape index (κ2) is 7.84. The Morgan fingerprint density at radius 3 is 2.76 bits per heavy atom. The second-order valence-electron chi connectivity index (χ2n) is 7.04. The smallest absolute Gasteiger partial charge is 0.0398 e. The van der Waals surface area contributed by atoms with Gasteiger partial charge in [0.05, 0.1) is 0 Å². The van der Waals surface area contributed by atoms with E-state index in [4.69, 9.17) is 0 Å². The quantitative estimate of drug-likeness (QED) is 0.857. The molecule has 1 aromatic carbocycles. The first-order chi connectivity index (χ1) is 10.1. The van der Waals surface area contributed by atoms with Crippen LogP contribution in [0.4, 0.5) is 5.69 Å². The van der Waals surface area contributed by atoms with Gasteiger partial charge in [0.25, 0.3) is 0 Å². The fraction of sp³-hybridized carbons (Fsp3) is 0.684. The van der Waals surface area contributed by atoms with Gasteiger partial charge in [-0.15, -0.1) is 0 Å². The van der Waals surface area contributed by atoms with Gasteiger partial charge in [0.15, 0.2) is 0 Å². The number of rotatable bonds is 5. The molecule has 2 heteroatoms. The Hall–Kier alpha value is -1.02. The van der Waals surface area contributed by atoms with Crippen molar-refractivity contribution >= 4 is 5.69 Å². The standard InChI is InChI=1S/C19H32N2/c1-15(2)13-20-14-18-9-10-19(16(3)12-18)21-11-7-5-6-8-17(21)4/h9-10,12,15,17,20H,5-8,11,13-14H2,1-4H3. The highest BCUT2D eigenvalue weighted by atomic mass is 15.2. The van der Waals surface area contributed by atoms with Crippen LogP contribution in [0.2, 0.25) is 0 Å². The molecule has 0 aliphatic carbocycles. The summed E-state index contributed by atoms with van der Waals surface area (Å²) in [6.45, 7) is 12.4. The number of anilines is 1. The van der Waals surface area contributed by atoms with Gasteiger partial charge in [0.1, 0.15) is 0 Å². The molecular formula is C19H32N2. The normalized spacial score (nSPS) is 19.9. The van der Waals surface area contributed by atoms with E-state index < -0.39 is 0 Å². The number of hydrogen-bond donors (Lipinski definition) is 1. The molecule has 1 aromatic rings. The highest BCUT2D eigenvalue weighted by Gasteiger charge is 2.18. The highest BCUT2D eigenvalue weighted by Crippen LogP contribution is 2.27. The SMILES string of the molecule is Cc1cc(CNCC(C)C)ccc1N1CCCCCC1C. The van der Waals surface area contributed by atoms with Crippen molar-refractivity contribution < 1.29 is 0 Å². The van der Waals surface area contributed by atoms with Gasteiger partial charge in [-0.2, -0.15) is 0 Å².